The first kappa shape index (κ1) is 22.9. The average Bonchev–Trinajstić information content (AvgIpc) is 3.21. The van der Waals surface area contributed by atoms with Gasteiger partial charge in [-0.05, 0) is 23.6 Å². The topological polar surface area (TPSA) is 100.0 Å². The molecule has 0 amide bonds. The first-order chi connectivity index (χ1) is 14.5. The van der Waals surface area contributed by atoms with E-state index in [4.69, 9.17) is 4.74 Å². The van der Waals surface area contributed by atoms with Gasteiger partial charge in [0.05, 0.1) is 17.7 Å². The van der Waals surface area contributed by atoms with E-state index in [1.807, 2.05) is 24.3 Å². The van der Waals surface area contributed by atoms with Crippen LogP contribution in [-0.4, -0.2) is 44.7 Å². The van der Waals surface area contributed by atoms with Crippen molar-refractivity contribution in [1.29, 1.82) is 0 Å². The minimum atomic E-state index is -4.79. The molecule has 0 aliphatic carbocycles. The zero-order valence-corrected chi connectivity index (χ0v) is 19.4. The molecule has 0 aliphatic heterocycles. The molecule has 166 valence electrons. The molecular formula is C22H26N2O5S2. The predicted octanol–water partition coefficient (Wildman–Crippen LogP) is 4.73. The highest BCUT2D eigenvalue weighted by Gasteiger charge is 2.36. The number of carbonyl (C=O) groups is 1. The number of aromatic nitrogens is 1. The lowest BCUT2D eigenvalue weighted by Crippen LogP contribution is -2.52. The van der Waals surface area contributed by atoms with Crippen LogP contribution in [0.4, 0.5) is 5.13 Å². The van der Waals surface area contributed by atoms with E-state index < -0.39 is 22.0 Å². The summed E-state index contributed by atoms with van der Waals surface area (Å²) in [5.74, 6) is -0.447. The molecule has 0 unspecified atom stereocenters. The summed E-state index contributed by atoms with van der Waals surface area (Å²) in [6.07, 6.45) is 1.13. The van der Waals surface area contributed by atoms with Gasteiger partial charge in [-0.3, -0.25) is 9.35 Å². The smallest absolute Gasteiger partial charge is 0.325 e. The number of carboxylic acid groups (broad SMARTS) is 1. The fourth-order valence-corrected chi connectivity index (χ4v) is 6.35. The normalized spacial score (nSPS) is 12.9. The third kappa shape index (κ3) is 4.79. The molecule has 31 heavy (non-hydrogen) atoms. The van der Waals surface area contributed by atoms with Gasteiger partial charge in [-0.2, -0.15) is 4.21 Å². The van der Waals surface area contributed by atoms with E-state index in [0.717, 1.165) is 27.5 Å². The molecule has 1 heterocycles. The van der Waals surface area contributed by atoms with Crippen molar-refractivity contribution in [1.82, 2.24) is 4.98 Å². The Labute approximate surface area is 185 Å². The summed E-state index contributed by atoms with van der Waals surface area (Å²) in [6, 6.07) is 14.1. The summed E-state index contributed by atoms with van der Waals surface area (Å²) in [4.78, 5) is 16.1. The quantitative estimate of drug-likeness (QED) is 0.502. The van der Waals surface area contributed by atoms with Crippen LogP contribution in [0.2, 0.25) is 0 Å². The largest absolute Gasteiger partial charge is 0.497 e. The Hall–Kier alpha value is -2.75. The number of hydrogen-bond acceptors (Lipinski definition) is 5. The third-order valence-corrected chi connectivity index (χ3v) is 8.62. The molecule has 7 nitrogen and oxygen atoms in total. The Morgan fingerprint density at radius 3 is 2.48 bits per heavy atom. The van der Waals surface area contributed by atoms with E-state index in [1.165, 1.54) is 24.8 Å². The SMILES string of the molecule is COc1cccc(S(C)(=O)(O)N(CC(=O)O)c2nc(-c3ccc(C(C)C)cc3)cs2)c1. The van der Waals surface area contributed by atoms with Gasteiger partial charge in [-0.25, -0.2) is 9.29 Å². The molecule has 0 atom stereocenters. The first-order valence-corrected chi connectivity index (χ1v) is 12.8. The van der Waals surface area contributed by atoms with E-state index in [9.17, 15) is 18.7 Å². The van der Waals surface area contributed by atoms with Crippen LogP contribution in [0.3, 0.4) is 0 Å². The second-order valence-electron chi connectivity index (χ2n) is 7.63. The maximum Gasteiger partial charge on any atom is 0.325 e. The molecular weight excluding hydrogens is 436 g/mol. The second kappa shape index (κ2) is 8.41. The number of benzene rings is 2. The van der Waals surface area contributed by atoms with E-state index in [1.54, 1.807) is 17.5 Å². The molecule has 0 radical (unpaired) electrons. The Balaban J connectivity index is 2.05. The van der Waals surface area contributed by atoms with E-state index >= 15 is 0 Å². The molecule has 0 aliphatic rings. The van der Waals surface area contributed by atoms with Crippen molar-refractivity contribution in [2.45, 2.75) is 24.7 Å². The molecule has 3 rings (SSSR count). The van der Waals surface area contributed by atoms with Crippen LogP contribution in [0.5, 0.6) is 5.75 Å². The van der Waals surface area contributed by atoms with Crippen LogP contribution in [0, 0.1) is 0 Å². The van der Waals surface area contributed by atoms with Crippen LogP contribution in [0.1, 0.15) is 25.3 Å². The van der Waals surface area contributed by atoms with Crippen LogP contribution in [0.25, 0.3) is 11.3 Å². The molecule has 2 aromatic carbocycles. The lowest BCUT2D eigenvalue weighted by molar-refractivity contribution is -0.135. The Morgan fingerprint density at radius 1 is 1.23 bits per heavy atom. The summed E-state index contributed by atoms with van der Waals surface area (Å²) in [7, 11) is -3.34. The van der Waals surface area contributed by atoms with Crippen molar-refractivity contribution >= 4 is 32.0 Å². The fraction of sp³-hybridized carbons (Fsp3) is 0.273. The van der Waals surface area contributed by atoms with E-state index in [0.29, 0.717) is 17.4 Å². The van der Waals surface area contributed by atoms with Crippen LogP contribution in [-0.2, 0) is 14.3 Å². The molecule has 1 aromatic heterocycles. The monoisotopic (exact) mass is 462 g/mol. The lowest BCUT2D eigenvalue weighted by Gasteiger charge is -2.47. The van der Waals surface area contributed by atoms with Crippen LogP contribution >= 0.6 is 11.3 Å². The highest BCUT2D eigenvalue weighted by molar-refractivity contribution is 8.15. The van der Waals surface area contributed by atoms with Gasteiger partial charge in [0.25, 0.3) is 0 Å². The molecule has 0 saturated heterocycles. The standard InChI is InChI=1S/C22H26N2O5S2/c1-15(2)16-8-10-17(11-9-16)20-14-30-22(23-20)24(13-21(25)26)31(4,27,28)19-7-5-6-18(12-19)29-3/h5-12,14-15H,13H2,1-4H3,(H,25,26)(H,27,28). The van der Waals surface area contributed by atoms with Gasteiger partial charge >= 0.3 is 5.97 Å². The van der Waals surface area contributed by atoms with E-state index in [2.05, 4.69) is 18.8 Å². The lowest BCUT2D eigenvalue weighted by atomic mass is 10.0. The van der Waals surface area contributed by atoms with Gasteiger partial charge in [0.1, 0.15) is 12.3 Å². The second-order valence-corrected chi connectivity index (χ2v) is 11.8. The Morgan fingerprint density at radius 2 is 1.90 bits per heavy atom. The summed E-state index contributed by atoms with van der Waals surface area (Å²) in [5, 5.41) is 11.4. The van der Waals surface area contributed by atoms with Gasteiger partial charge in [0.15, 0.2) is 0 Å². The van der Waals surface area contributed by atoms with Gasteiger partial charge in [-0.15, -0.1) is 11.3 Å². The fourth-order valence-electron chi connectivity index (χ4n) is 3.10. The van der Waals surface area contributed by atoms with Crippen molar-refractivity contribution in [2.24, 2.45) is 0 Å². The van der Waals surface area contributed by atoms with Crippen molar-refractivity contribution in [2.75, 3.05) is 24.2 Å². The van der Waals surface area contributed by atoms with Crippen molar-refractivity contribution in [3.8, 4) is 17.0 Å². The summed E-state index contributed by atoms with van der Waals surface area (Å²) in [6.45, 7) is 3.53. The third-order valence-electron chi connectivity index (χ3n) is 4.96. The van der Waals surface area contributed by atoms with Crippen molar-refractivity contribution in [3.05, 3.63) is 59.5 Å². The Kier molecular flexibility index (Phi) is 6.22. The van der Waals surface area contributed by atoms with Crippen LogP contribution in [0.15, 0.2) is 58.8 Å². The van der Waals surface area contributed by atoms with Crippen LogP contribution < -0.4 is 9.04 Å². The zero-order valence-electron chi connectivity index (χ0n) is 17.8. The minimum Gasteiger partial charge on any atom is -0.497 e. The number of carboxylic acids is 1. The number of aliphatic carboxylic acids is 1. The predicted molar refractivity (Wildman–Crippen MR) is 125 cm³/mol. The summed E-state index contributed by atoms with van der Waals surface area (Å²) >= 11 is 1.12. The highest BCUT2D eigenvalue weighted by Crippen LogP contribution is 2.40. The maximum absolute atomic E-state index is 13.9. The highest BCUT2D eigenvalue weighted by atomic mass is 32.3. The number of hydrogen-bond donors (Lipinski definition) is 2. The number of ether oxygens (including phenoxy) is 1. The van der Waals surface area contributed by atoms with Gasteiger partial charge in [-0.1, -0.05) is 53.7 Å². The molecule has 3 aromatic rings. The molecule has 2 N–H and O–H groups in total. The van der Waals surface area contributed by atoms with Crippen molar-refractivity contribution in [3.63, 3.8) is 0 Å². The zero-order chi connectivity index (χ0) is 22.8. The van der Waals surface area contributed by atoms with Gasteiger partial charge < -0.3 is 9.84 Å². The summed E-state index contributed by atoms with van der Waals surface area (Å²) < 4.78 is 31.4. The van der Waals surface area contributed by atoms with Crippen molar-refractivity contribution < 1.29 is 23.4 Å². The Bertz CT molecular complexity index is 1150. The molecule has 0 bridgehead atoms. The first-order valence-electron chi connectivity index (χ1n) is 9.59. The average molecular weight is 463 g/mol. The maximum atomic E-state index is 13.9. The molecule has 9 heteroatoms. The summed E-state index contributed by atoms with van der Waals surface area (Å²) in [5.41, 5.74) is 2.65. The van der Waals surface area contributed by atoms with E-state index in [-0.39, 0.29) is 10.0 Å². The number of anilines is 1. The molecule has 0 fully saturated rings. The molecule has 0 spiro atoms. The number of methoxy groups -OCH3 is 1. The molecule has 0 saturated carbocycles. The van der Waals surface area contributed by atoms with Gasteiger partial charge in [0.2, 0.25) is 5.13 Å². The number of rotatable bonds is 8. The van der Waals surface area contributed by atoms with Gasteiger partial charge in [0, 0.05) is 23.3 Å². The number of nitrogens with zero attached hydrogens (tertiary/aromatic N) is 2. The number of thiazole rings is 1. The minimum absolute atomic E-state index is 0.0515.